The predicted molar refractivity (Wildman–Crippen MR) is 97.6 cm³/mol. The fourth-order valence-electron chi connectivity index (χ4n) is 6.08. The zero-order valence-electron chi connectivity index (χ0n) is 15.5. The van der Waals surface area contributed by atoms with Crippen molar-refractivity contribution in [3.8, 4) is 0 Å². The molecule has 8 nitrogen and oxygen atoms in total. The quantitative estimate of drug-likeness (QED) is 0.796. The number of carboxylic acids is 1. The van der Waals surface area contributed by atoms with Crippen molar-refractivity contribution < 1.29 is 9.90 Å². The molecule has 6 atom stereocenters. The largest absolute Gasteiger partial charge is 0.481 e. The van der Waals surface area contributed by atoms with Gasteiger partial charge < -0.3 is 10.1 Å². The second-order valence-corrected chi connectivity index (χ2v) is 8.32. The van der Waals surface area contributed by atoms with Crippen molar-refractivity contribution in [3.05, 3.63) is 26.7 Å². The molecule has 2 N–H and O–H groups in total. The van der Waals surface area contributed by atoms with Gasteiger partial charge >= 0.3 is 11.7 Å². The molecule has 4 bridgehead atoms. The summed E-state index contributed by atoms with van der Waals surface area (Å²) in [6.07, 6.45) is 2.40. The summed E-state index contributed by atoms with van der Waals surface area (Å²) in [4.78, 5) is 45.2. The molecule has 0 saturated heterocycles. The third-order valence-electron chi connectivity index (χ3n) is 6.96. The SMILES string of the molecule is CCCn1c(=O)c2[nH]c(C3C4CC5C(C4C(=O)O)C53)nc2n(CCC)c1=O. The first-order valence-corrected chi connectivity index (χ1v) is 9.95. The molecule has 0 aromatic carbocycles. The van der Waals surface area contributed by atoms with E-state index in [0.29, 0.717) is 48.3 Å². The van der Waals surface area contributed by atoms with E-state index < -0.39 is 5.97 Å². The minimum Gasteiger partial charge on any atom is -0.481 e. The van der Waals surface area contributed by atoms with Crippen LogP contribution in [0, 0.1) is 29.6 Å². The maximum Gasteiger partial charge on any atom is 0.332 e. The molecular formula is C19H24N4O4. The van der Waals surface area contributed by atoms with Gasteiger partial charge in [0.1, 0.15) is 11.3 Å². The highest BCUT2D eigenvalue weighted by atomic mass is 16.4. The Morgan fingerprint density at radius 1 is 1.15 bits per heavy atom. The summed E-state index contributed by atoms with van der Waals surface area (Å²) in [5.41, 5.74) is 0.162. The van der Waals surface area contributed by atoms with Crippen molar-refractivity contribution in [2.75, 3.05) is 0 Å². The number of hydrogen-bond donors (Lipinski definition) is 2. The van der Waals surface area contributed by atoms with Crippen LogP contribution < -0.4 is 11.2 Å². The molecule has 4 fully saturated rings. The summed E-state index contributed by atoms with van der Waals surface area (Å²) in [7, 11) is 0. The van der Waals surface area contributed by atoms with Crippen LogP contribution in [-0.4, -0.2) is 30.2 Å². The first-order chi connectivity index (χ1) is 13.0. The number of rotatable bonds is 6. The smallest absolute Gasteiger partial charge is 0.332 e. The number of hydrogen-bond acceptors (Lipinski definition) is 4. The van der Waals surface area contributed by atoms with E-state index in [0.717, 1.165) is 12.8 Å². The lowest BCUT2D eigenvalue weighted by molar-refractivity contribution is -0.143. The normalized spacial score (nSPS) is 33.1. The molecule has 2 heterocycles. The van der Waals surface area contributed by atoms with Gasteiger partial charge in [-0.25, -0.2) is 9.78 Å². The van der Waals surface area contributed by atoms with Gasteiger partial charge in [0.2, 0.25) is 0 Å². The Morgan fingerprint density at radius 3 is 2.44 bits per heavy atom. The molecule has 4 aliphatic carbocycles. The second kappa shape index (κ2) is 5.56. The lowest BCUT2D eigenvalue weighted by atomic mass is 9.91. The van der Waals surface area contributed by atoms with Gasteiger partial charge in [0, 0.05) is 19.0 Å². The zero-order valence-corrected chi connectivity index (χ0v) is 15.5. The Kier molecular flexibility index (Phi) is 3.45. The Morgan fingerprint density at radius 2 is 1.85 bits per heavy atom. The molecule has 4 aliphatic rings. The van der Waals surface area contributed by atoms with E-state index in [2.05, 4.69) is 9.97 Å². The van der Waals surface area contributed by atoms with Gasteiger partial charge in [0.15, 0.2) is 5.65 Å². The number of carbonyl (C=O) groups is 1. The van der Waals surface area contributed by atoms with E-state index in [1.165, 1.54) is 4.57 Å². The van der Waals surface area contributed by atoms with Crippen molar-refractivity contribution in [2.45, 2.75) is 52.1 Å². The molecule has 6 unspecified atom stereocenters. The average Bonchev–Trinajstić information content (AvgIpc) is 3.09. The number of nitrogens with one attached hydrogen (secondary N) is 1. The number of nitrogens with zero attached hydrogens (tertiary/aromatic N) is 3. The fraction of sp³-hybridized carbons (Fsp3) is 0.684. The number of aliphatic carboxylic acids is 1. The van der Waals surface area contributed by atoms with Crippen LogP contribution >= 0.6 is 0 Å². The van der Waals surface area contributed by atoms with E-state index in [1.54, 1.807) is 4.57 Å². The van der Waals surface area contributed by atoms with Crippen molar-refractivity contribution in [1.29, 1.82) is 0 Å². The van der Waals surface area contributed by atoms with Crippen LogP contribution in [0.25, 0.3) is 11.2 Å². The molecule has 0 spiro atoms. The van der Waals surface area contributed by atoms with Crippen LogP contribution in [0.4, 0.5) is 0 Å². The molecule has 2 aromatic heterocycles. The highest BCUT2D eigenvalue weighted by molar-refractivity contribution is 5.74. The molecule has 0 aliphatic heterocycles. The first kappa shape index (κ1) is 16.8. The Hall–Kier alpha value is -2.38. The Bertz CT molecular complexity index is 1060. The van der Waals surface area contributed by atoms with Crippen LogP contribution in [0.5, 0.6) is 0 Å². The molecular weight excluding hydrogens is 348 g/mol. The van der Waals surface area contributed by atoms with Gasteiger partial charge in [0.05, 0.1) is 5.92 Å². The molecule has 6 rings (SSSR count). The standard InChI is InChI=1S/C19H24N4O4/c1-3-5-22-16-14(17(24)23(6-4-2)19(22)27)20-15(21-16)12-9-7-8-10(12)11(8)13(9)18(25)26/h8-13H,3-7H2,1-2H3,(H,20,21)(H,25,26). The third kappa shape index (κ3) is 2.04. The van der Waals surface area contributed by atoms with Crippen molar-refractivity contribution in [2.24, 2.45) is 29.6 Å². The van der Waals surface area contributed by atoms with Gasteiger partial charge in [-0.15, -0.1) is 0 Å². The van der Waals surface area contributed by atoms with Crippen molar-refractivity contribution >= 4 is 17.1 Å². The first-order valence-electron chi connectivity index (χ1n) is 9.95. The summed E-state index contributed by atoms with van der Waals surface area (Å²) in [6.45, 7) is 4.80. The topological polar surface area (TPSA) is 110 Å². The predicted octanol–water partition coefficient (Wildman–Crippen LogP) is 1.39. The number of carboxylic acid groups (broad SMARTS) is 1. The maximum atomic E-state index is 12.9. The summed E-state index contributed by atoms with van der Waals surface area (Å²) in [5.74, 6) is 0.981. The Labute approximate surface area is 155 Å². The summed E-state index contributed by atoms with van der Waals surface area (Å²) < 4.78 is 2.87. The summed E-state index contributed by atoms with van der Waals surface area (Å²) >= 11 is 0. The molecule has 8 heteroatoms. The number of aromatic amines is 1. The van der Waals surface area contributed by atoms with Crippen LogP contribution in [0.1, 0.15) is 44.9 Å². The van der Waals surface area contributed by atoms with Crippen LogP contribution in [-0.2, 0) is 17.9 Å². The number of fused-ring (bicyclic) bond motifs is 1. The van der Waals surface area contributed by atoms with Gasteiger partial charge in [0.25, 0.3) is 5.56 Å². The zero-order chi connectivity index (χ0) is 19.0. The second-order valence-electron chi connectivity index (χ2n) is 8.32. The minimum atomic E-state index is -0.707. The van der Waals surface area contributed by atoms with Gasteiger partial charge in [-0.05, 0) is 42.9 Å². The van der Waals surface area contributed by atoms with Gasteiger partial charge in [-0.3, -0.25) is 18.7 Å². The van der Waals surface area contributed by atoms with E-state index in [-0.39, 0.29) is 34.9 Å². The van der Waals surface area contributed by atoms with E-state index >= 15 is 0 Å². The molecule has 27 heavy (non-hydrogen) atoms. The average molecular weight is 372 g/mol. The molecule has 0 amide bonds. The molecule has 0 radical (unpaired) electrons. The maximum absolute atomic E-state index is 12.9. The third-order valence-corrected chi connectivity index (χ3v) is 6.96. The Balaban J connectivity index is 1.66. The monoisotopic (exact) mass is 372 g/mol. The van der Waals surface area contributed by atoms with Crippen LogP contribution in [0.15, 0.2) is 9.59 Å². The van der Waals surface area contributed by atoms with E-state index in [1.807, 2.05) is 13.8 Å². The van der Waals surface area contributed by atoms with Crippen LogP contribution in [0.2, 0.25) is 0 Å². The van der Waals surface area contributed by atoms with Gasteiger partial charge in [-0.1, -0.05) is 13.8 Å². The van der Waals surface area contributed by atoms with Gasteiger partial charge in [-0.2, -0.15) is 0 Å². The number of aromatic nitrogens is 4. The van der Waals surface area contributed by atoms with E-state index in [9.17, 15) is 19.5 Å². The highest BCUT2D eigenvalue weighted by Crippen LogP contribution is 2.78. The lowest BCUT2D eigenvalue weighted by Crippen LogP contribution is -2.40. The number of aryl methyl sites for hydroxylation is 1. The van der Waals surface area contributed by atoms with Crippen LogP contribution in [0.3, 0.4) is 0 Å². The van der Waals surface area contributed by atoms with Crippen molar-refractivity contribution in [1.82, 2.24) is 19.1 Å². The number of imidazole rings is 1. The lowest BCUT2D eigenvalue weighted by Gasteiger charge is -2.15. The highest BCUT2D eigenvalue weighted by Gasteiger charge is 2.76. The van der Waals surface area contributed by atoms with Crippen molar-refractivity contribution in [3.63, 3.8) is 0 Å². The molecule has 2 aromatic rings. The molecule has 4 saturated carbocycles. The minimum absolute atomic E-state index is 0.0673. The summed E-state index contributed by atoms with van der Waals surface area (Å²) in [5, 5.41) is 9.57. The summed E-state index contributed by atoms with van der Waals surface area (Å²) in [6, 6.07) is 0. The fourth-order valence-corrected chi connectivity index (χ4v) is 6.08. The molecule has 144 valence electrons. The number of H-pyrrole nitrogens is 1. The van der Waals surface area contributed by atoms with E-state index in [4.69, 9.17) is 0 Å².